The lowest BCUT2D eigenvalue weighted by atomic mass is 9.96. The number of hydrogen-bond acceptors (Lipinski definition) is 18. The van der Waals surface area contributed by atoms with Gasteiger partial charge in [0.15, 0.2) is 18.9 Å². The Bertz CT molecular complexity index is 1890. The summed E-state index contributed by atoms with van der Waals surface area (Å²) >= 11 is 0. The number of aliphatic hydroxyl groups is 11. The lowest BCUT2D eigenvalue weighted by Crippen LogP contribution is -2.66. The second-order valence-electron chi connectivity index (χ2n) is 27.1. The van der Waals surface area contributed by atoms with Crippen LogP contribution >= 0.6 is 0 Å². The normalized spacial score (nSPS) is 27.6. The molecule has 17 unspecified atom stereocenters. The molecule has 0 aromatic carbocycles. The molecule has 19 nitrogen and oxygen atoms in total. The molecule has 0 bridgehead atoms. The lowest BCUT2D eigenvalue weighted by molar-refractivity contribution is -0.379. The van der Waals surface area contributed by atoms with Gasteiger partial charge in [-0.15, -0.1) is 0 Å². The van der Waals surface area contributed by atoms with Gasteiger partial charge in [0.2, 0.25) is 5.91 Å². The zero-order valence-corrected chi connectivity index (χ0v) is 58.4. The van der Waals surface area contributed by atoms with Gasteiger partial charge in [0.25, 0.3) is 0 Å². The largest absolute Gasteiger partial charge is 0.394 e. The summed E-state index contributed by atoms with van der Waals surface area (Å²) in [5.41, 5.74) is 0. The quantitative estimate of drug-likeness (QED) is 0.0199. The fraction of sp³-hybridized carbons (Fsp3) is 0.880. The molecular weight excluding hydrogens is 1200 g/mol. The van der Waals surface area contributed by atoms with Gasteiger partial charge in [0.05, 0.1) is 38.6 Å². The standard InChI is InChI=1S/C75H137NO18/c1-3-5-7-9-11-13-15-17-18-19-20-21-22-23-24-25-26-27-28-29-30-31-32-33-34-35-36-37-38-39-40-41-43-45-47-49-51-53-63(81)76-58(59(80)52-50-48-46-44-42-16-14-12-10-8-6-4-2)57-89-73-69(87)66(84)71(61(55-78)91-73)94-75-70(88)67(85)72(62(56-79)92-75)93-74-68(86)65(83)64(82)60(54-77)90-74/h15,17,19-20,42,44,50,52,58-62,64-75,77-80,82-88H,3-14,16,18,21-41,43,45-49,51,53-57H2,1-2H3,(H,76,81)/b17-15-,20-19-,44-42+,52-50+. The van der Waals surface area contributed by atoms with Crippen LogP contribution in [0.5, 0.6) is 0 Å². The number of aliphatic hydroxyl groups excluding tert-OH is 11. The van der Waals surface area contributed by atoms with E-state index in [1.165, 1.54) is 212 Å². The molecule has 550 valence electrons. The van der Waals surface area contributed by atoms with E-state index < -0.39 is 124 Å². The minimum absolute atomic E-state index is 0.238. The van der Waals surface area contributed by atoms with Gasteiger partial charge >= 0.3 is 0 Å². The summed E-state index contributed by atoms with van der Waals surface area (Å²) in [4.78, 5) is 13.4. The highest BCUT2D eigenvalue weighted by Crippen LogP contribution is 2.33. The van der Waals surface area contributed by atoms with Crippen LogP contribution in [0, 0.1) is 0 Å². The Labute approximate surface area is 567 Å². The lowest BCUT2D eigenvalue weighted by Gasteiger charge is -2.48. The number of ether oxygens (including phenoxy) is 6. The van der Waals surface area contributed by atoms with Crippen molar-refractivity contribution in [1.82, 2.24) is 5.32 Å². The molecule has 1 amide bonds. The number of rotatable bonds is 59. The second kappa shape index (κ2) is 56.5. The van der Waals surface area contributed by atoms with Crippen LogP contribution in [0.25, 0.3) is 0 Å². The van der Waals surface area contributed by atoms with Crippen LogP contribution in [0.3, 0.4) is 0 Å². The first kappa shape index (κ1) is 86.0. The van der Waals surface area contributed by atoms with Gasteiger partial charge in [-0.05, 0) is 64.2 Å². The first-order chi connectivity index (χ1) is 45.8. The Morgan fingerprint density at radius 3 is 1.13 bits per heavy atom. The third-order valence-corrected chi connectivity index (χ3v) is 18.8. The first-order valence-electron chi connectivity index (χ1n) is 37.9. The van der Waals surface area contributed by atoms with Gasteiger partial charge in [-0.3, -0.25) is 4.79 Å². The van der Waals surface area contributed by atoms with Gasteiger partial charge in [-0.2, -0.15) is 0 Å². The maximum atomic E-state index is 13.4. The third kappa shape index (κ3) is 37.3. The molecule has 0 saturated carbocycles. The molecule has 17 atom stereocenters. The van der Waals surface area contributed by atoms with Gasteiger partial charge in [0.1, 0.15) is 73.2 Å². The predicted octanol–water partition coefficient (Wildman–Crippen LogP) is 11.3. The van der Waals surface area contributed by atoms with E-state index in [4.69, 9.17) is 28.4 Å². The van der Waals surface area contributed by atoms with E-state index in [1.54, 1.807) is 6.08 Å². The number of unbranched alkanes of at least 4 members (excludes halogenated alkanes) is 37. The molecule has 3 aliphatic heterocycles. The van der Waals surface area contributed by atoms with E-state index in [-0.39, 0.29) is 18.9 Å². The highest BCUT2D eigenvalue weighted by atomic mass is 16.8. The Hall–Kier alpha value is -2.25. The van der Waals surface area contributed by atoms with Crippen molar-refractivity contribution in [3.8, 4) is 0 Å². The van der Waals surface area contributed by atoms with Gasteiger partial charge in [-0.25, -0.2) is 0 Å². The average Bonchev–Trinajstić information content (AvgIpc) is 0.794. The van der Waals surface area contributed by atoms with Crippen LogP contribution in [-0.4, -0.2) is 193 Å². The molecule has 19 heteroatoms. The average molecular weight is 1340 g/mol. The van der Waals surface area contributed by atoms with Gasteiger partial charge < -0.3 is 89.9 Å². The molecule has 12 N–H and O–H groups in total. The molecule has 3 saturated heterocycles. The summed E-state index contributed by atoms with van der Waals surface area (Å²) in [6.45, 7) is 1.70. The summed E-state index contributed by atoms with van der Waals surface area (Å²) in [5, 5.41) is 120. The summed E-state index contributed by atoms with van der Waals surface area (Å²) in [5.74, 6) is -0.283. The van der Waals surface area contributed by atoms with E-state index in [1.807, 2.05) is 6.08 Å². The van der Waals surface area contributed by atoms with Crippen molar-refractivity contribution in [2.75, 3.05) is 26.4 Å². The Morgan fingerprint density at radius 2 is 0.713 bits per heavy atom. The fourth-order valence-electron chi connectivity index (χ4n) is 12.7. The number of nitrogens with one attached hydrogen (secondary N) is 1. The van der Waals surface area contributed by atoms with Crippen molar-refractivity contribution in [2.24, 2.45) is 0 Å². The van der Waals surface area contributed by atoms with Crippen LogP contribution in [0.15, 0.2) is 48.6 Å². The molecule has 0 aliphatic carbocycles. The van der Waals surface area contributed by atoms with E-state index in [9.17, 15) is 61.0 Å². The number of amides is 1. The van der Waals surface area contributed by atoms with E-state index >= 15 is 0 Å². The summed E-state index contributed by atoms with van der Waals surface area (Å²) in [6.07, 6.45) is 42.8. The first-order valence-corrected chi connectivity index (χ1v) is 37.9. The monoisotopic (exact) mass is 1340 g/mol. The van der Waals surface area contributed by atoms with Crippen LogP contribution in [0.2, 0.25) is 0 Å². The number of hydrogen-bond donors (Lipinski definition) is 12. The van der Waals surface area contributed by atoms with Crippen molar-refractivity contribution in [2.45, 2.75) is 394 Å². The van der Waals surface area contributed by atoms with Gasteiger partial charge in [-0.1, -0.05) is 268 Å². The minimum Gasteiger partial charge on any atom is -0.394 e. The third-order valence-electron chi connectivity index (χ3n) is 18.8. The van der Waals surface area contributed by atoms with Crippen molar-refractivity contribution in [3.63, 3.8) is 0 Å². The Kier molecular flexibility index (Phi) is 51.7. The summed E-state index contributed by atoms with van der Waals surface area (Å²) in [6, 6.07) is -0.988. The number of carbonyl (C=O) groups excluding carboxylic acids is 1. The molecule has 3 fully saturated rings. The maximum Gasteiger partial charge on any atom is 0.220 e. The topological polar surface area (TPSA) is 307 Å². The molecule has 0 spiro atoms. The van der Waals surface area contributed by atoms with Crippen molar-refractivity contribution < 1.29 is 89.4 Å². The highest BCUT2D eigenvalue weighted by molar-refractivity contribution is 5.76. The zero-order chi connectivity index (χ0) is 68.2. The van der Waals surface area contributed by atoms with E-state index in [0.29, 0.717) is 12.8 Å². The molecule has 3 heterocycles. The Morgan fingerprint density at radius 1 is 0.383 bits per heavy atom. The van der Waals surface area contributed by atoms with Crippen molar-refractivity contribution in [3.05, 3.63) is 48.6 Å². The summed E-state index contributed by atoms with van der Waals surface area (Å²) < 4.78 is 34.3. The molecule has 3 rings (SSSR count). The smallest absolute Gasteiger partial charge is 0.220 e. The van der Waals surface area contributed by atoms with E-state index in [2.05, 4.69) is 55.6 Å². The van der Waals surface area contributed by atoms with Crippen molar-refractivity contribution >= 4 is 5.91 Å². The van der Waals surface area contributed by atoms with Crippen LogP contribution in [0.1, 0.15) is 290 Å². The van der Waals surface area contributed by atoms with E-state index in [0.717, 1.165) is 44.9 Å². The molecule has 0 aromatic rings. The molecule has 94 heavy (non-hydrogen) atoms. The molecule has 0 aromatic heterocycles. The maximum absolute atomic E-state index is 13.4. The summed E-state index contributed by atoms with van der Waals surface area (Å²) in [7, 11) is 0. The number of carbonyl (C=O) groups is 1. The molecule has 3 aliphatic rings. The second-order valence-corrected chi connectivity index (χ2v) is 27.1. The van der Waals surface area contributed by atoms with Crippen LogP contribution in [-0.2, 0) is 33.2 Å². The fourth-order valence-corrected chi connectivity index (χ4v) is 12.7. The molecular formula is C75H137NO18. The molecule has 0 radical (unpaired) electrons. The van der Waals surface area contributed by atoms with Crippen LogP contribution < -0.4 is 5.32 Å². The zero-order valence-electron chi connectivity index (χ0n) is 58.4. The Balaban J connectivity index is 1.30. The van der Waals surface area contributed by atoms with Crippen LogP contribution in [0.4, 0.5) is 0 Å². The highest BCUT2D eigenvalue weighted by Gasteiger charge is 2.53. The predicted molar refractivity (Wildman–Crippen MR) is 369 cm³/mol. The number of allylic oxidation sites excluding steroid dienone is 7. The minimum atomic E-state index is -1.98. The van der Waals surface area contributed by atoms with Gasteiger partial charge in [0, 0.05) is 6.42 Å². The van der Waals surface area contributed by atoms with Crippen molar-refractivity contribution in [1.29, 1.82) is 0 Å². The SMILES string of the molecule is CCCCCCC/C=C\C/C=C\CCCCCCCCCCCCCCCCCCCCCCCCCCCC(=O)NC(COC1OC(CO)C(OC2OC(CO)C(OC3OC(CO)C(O)C(O)C3O)C(O)C2O)C(O)C1O)C(O)/C=C/CC/C=C/CCCCCCCC.